The first-order valence-electron chi connectivity index (χ1n) is 4.56. The van der Waals surface area contributed by atoms with Crippen LogP contribution in [0, 0.1) is 11.3 Å². The van der Waals surface area contributed by atoms with Crippen molar-refractivity contribution in [2.24, 2.45) is 0 Å². The first-order chi connectivity index (χ1) is 8.00. The predicted octanol–water partition coefficient (Wildman–Crippen LogP) is 3.21. The number of hydrogen-bond donors (Lipinski definition) is 0. The standard InChI is InChI=1S/C11H6ClNO2S2/c12-17(14,15)11-6-5-10(16-11)9-3-1-8(7-13)2-4-9/h1-6H. The smallest absolute Gasteiger partial charge is 0.206 e. The molecule has 0 bridgehead atoms. The minimum absolute atomic E-state index is 0.124. The van der Waals surface area contributed by atoms with Crippen LogP contribution < -0.4 is 0 Å². The van der Waals surface area contributed by atoms with E-state index in [1.807, 2.05) is 6.07 Å². The summed E-state index contributed by atoms with van der Waals surface area (Å²) in [4.78, 5) is 0.800. The van der Waals surface area contributed by atoms with Crippen LogP contribution in [-0.2, 0) is 9.05 Å². The number of hydrogen-bond acceptors (Lipinski definition) is 4. The van der Waals surface area contributed by atoms with Crippen LogP contribution >= 0.6 is 22.0 Å². The highest BCUT2D eigenvalue weighted by molar-refractivity contribution is 8.15. The molecule has 6 heteroatoms. The summed E-state index contributed by atoms with van der Waals surface area (Å²) in [7, 11) is 1.58. The van der Waals surface area contributed by atoms with Gasteiger partial charge in [-0.1, -0.05) is 12.1 Å². The highest BCUT2D eigenvalue weighted by Crippen LogP contribution is 2.32. The van der Waals surface area contributed by atoms with Crippen molar-refractivity contribution in [3.8, 4) is 16.5 Å². The summed E-state index contributed by atoms with van der Waals surface area (Å²) in [6.07, 6.45) is 0. The van der Waals surface area contributed by atoms with E-state index < -0.39 is 9.05 Å². The molecule has 2 rings (SSSR count). The zero-order valence-electron chi connectivity index (χ0n) is 8.42. The van der Waals surface area contributed by atoms with Crippen LogP contribution in [0.4, 0.5) is 0 Å². The number of benzene rings is 1. The fourth-order valence-electron chi connectivity index (χ4n) is 1.32. The quantitative estimate of drug-likeness (QED) is 0.795. The van der Waals surface area contributed by atoms with Gasteiger partial charge >= 0.3 is 0 Å². The van der Waals surface area contributed by atoms with Crippen LogP contribution in [0.1, 0.15) is 5.56 Å². The first-order valence-corrected chi connectivity index (χ1v) is 7.68. The molecule has 1 aromatic carbocycles. The van der Waals surface area contributed by atoms with Gasteiger partial charge in [0, 0.05) is 15.6 Å². The van der Waals surface area contributed by atoms with E-state index in [-0.39, 0.29) is 4.21 Å². The Morgan fingerprint density at radius 1 is 1.12 bits per heavy atom. The topological polar surface area (TPSA) is 57.9 Å². The second-order valence-electron chi connectivity index (χ2n) is 3.25. The maximum atomic E-state index is 11.1. The summed E-state index contributed by atoms with van der Waals surface area (Å²) in [6, 6.07) is 12.1. The van der Waals surface area contributed by atoms with E-state index in [0.29, 0.717) is 5.56 Å². The Balaban J connectivity index is 2.41. The van der Waals surface area contributed by atoms with Gasteiger partial charge in [-0.2, -0.15) is 5.26 Å². The second kappa shape index (κ2) is 4.49. The average molecular weight is 284 g/mol. The normalized spacial score (nSPS) is 11.1. The van der Waals surface area contributed by atoms with E-state index in [1.54, 1.807) is 30.3 Å². The van der Waals surface area contributed by atoms with E-state index in [4.69, 9.17) is 15.9 Å². The van der Waals surface area contributed by atoms with Crippen molar-refractivity contribution in [3.05, 3.63) is 42.0 Å². The SMILES string of the molecule is N#Cc1ccc(-c2ccc(S(=O)(=O)Cl)s2)cc1. The molecule has 2 aromatic rings. The third-order valence-corrected chi connectivity index (χ3v) is 5.35. The molecule has 0 unspecified atom stereocenters. The lowest BCUT2D eigenvalue weighted by molar-refractivity contribution is 0.611. The molecular weight excluding hydrogens is 278 g/mol. The fourth-order valence-corrected chi connectivity index (χ4v) is 3.39. The highest BCUT2D eigenvalue weighted by Gasteiger charge is 2.13. The Morgan fingerprint density at radius 2 is 1.76 bits per heavy atom. The van der Waals surface area contributed by atoms with Gasteiger partial charge in [-0.3, -0.25) is 0 Å². The molecule has 0 saturated heterocycles. The van der Waals surface area contributed by atoms with Gasteiger partial charge in [-0.05, 0) is 29.8 Å². The zero-order valence-corrected chi connectivity index (χ0v) is 10.8. The van der Waals surface area contributed by atoms with E-state index in [1.165, 1.54) is 6.07 Å². The predicted molar refractivity (Wildman–Crippen MR) is 67.5 cm³/mol. The van der Waals surface area contributed by atoms with Gasteiger partial charge in [0.15, 0.2) is 0 Å². The number of nitrogens with zero attached hydrogens (tertiary/aromatic N) is 1. The minimum Gasteiger partial charge on any atom is -0.206 e. The monoisotopic (exact) mass is 283 g/mol. The van der Waals surface area contributed by atoms with Gasteiger partial charge in [0.25, 0.3) is 9.05 Å². The number of halogens is 1. The maximum absolute atomic E-state index is 11.1. The summed E-state index contributed by atoms with van der Waals surface area (Å²) in [5.74, 6) is 0. The minimum atomic E-state index is -3.66. The molecule has 0 amide bonds. The van der Waals surface area contributed by atoms with Gasteiger partial charge < -0.3 is 0 Å². The molecule has 0 fully saturated rings. The van der Waals surface area contributed by atoms with Gasteiger partial charge in [0.05, 0.1) is 11.6 Å². The summed E-state index contributed by atoms with van der Waals surface area (Å²) in [5, 5.41) is 8.67. The highest BCUT2D eigenvalue weighted by atomic mass is 35.7. The van der Waals surface area contributed by atoms with E-state index in [2.05, 4.69) is 0 Å². The van der Waals surface area contributed by atoms with Crippen molar-refractivity contribution in [3.63, 3.8) is 0 Å². The number of nitriles is 1. The Bertz CT molecular complexity index is 681. The van der Waals surface area contributed by atoms with E-state index in [9.17, 15) is 8.42 Å². The molecule has 17 heavy (non-hydrogen) atoms. The molecule has 0 spiro atoms. The molecule has 1 aromatic heterocycles. The van der Waals surface area contributed by atoms with Crippen LogP contribution in [0.5, 0.6) is 0 Å². The number of rotatable bonds is 2. The van der Waals surface area contributed by atoms with E-state index in [0.717, 1.165) is 21.8 Å². The van der Waals surface area contributed by atoms with Crippen LogP contribution in [0.25, 0.3) is 10.4 Å². The van der Waals surface area contributed by atoms with E-state index >= 15 is 0 Å². The van der Waals surface area contributed by atoms with Gasteiger partial charge in [0.2, 0.25) is 0 Å². The van der Waals surface area contributed by atoms with Crippen molar-refractivity contribution < 1.29 is 8.42 Å². The molecule has 0 atom stereocenters. The molecule has 0 saturated carbocycles. The second-order valence-corrected chi connectivity index (χ2v) is 7.12. The summed E-state index contributed by atoms with van der Waals surface area (Å²) in [6.45, 7) is 0. The van der Waals surface area contributed by atoms with Crippen molar-refractivity contribution in [2.75, 3.05) is 0 Å². The molecule has 0 aliphatic rings. The Hall–Kier alpha value is -1.35. The molecule has 1 heterocycles. The first kappa shape index (κ1) is 12.1. The lowest BCUT2D eigenvalue weighted by atomic mass is 10.1. The summed E-state index contributed by atoms with van der Waals surface area (Å²) >= 11 is 1.10. The van der Waals surface area contributed by atoms with Crippen LogP contribution in [0.15, 0.2) is 40.6 Å². The van der Waals surface area contributed by atoms with Gasteiger partial charge in [-0.15, -0.1) is 11.3 Å². The lowest BCUT2D eigenvalue weighted by Gasteiger charge is -1.96. The van der Waals surface area contributed by atoms with Crippen molar-refractivity contribution in [2.45, 2.75) is 4.21 Å². The van der Waals surface area contributed by atoms with Crippen LogP contribution in [0.3, 0.4) is 0 Å². The maximum Gasteiger partial charge on any atom is 0.270 e. The lowest BCUT2D eigenvalue weighted by Crippen LogP contribution is -1.83. The van der Waals surface area contributed by atoms with Crippen molar-refractivity contribution in [1.82, 2.24) is 0 Å². The summed E-state index contributed by atoms with van der Waals surface area (Å²) in [5.41, 5.74) is 1.43. The largest absolute Gasteiger partial charge is 0.270 e. The van der Waals surface area contributed by atoms with Crippen LogP contribution in [-0.4, -0.2) is 8.42 Å². The molecule has 0 radical (unpaired) electrons. The fraction of sp³-hybridized carbons (Fsp3) is 0. The summed E-state index contributed by atoms with van der Waals surface area (Å²) < 4.78 is 22.3. The average Bonchev–Trinajstić information content (AvgIpc) is 2.78. The zero-order chi connectivity index (χ0) is 12.5. The van der Waals surface area contributed by atoms with Gasteiger partial charge in [-0.25, -0.2) is 8.42 Å². The molecule has 0 aliphatic heterocycles. The molecule has 0 aliphatic carbocycles. The molecule has 0 N–H and O–H groups in total. The third kappa shape index (κ3) is 2.67. The third-order valence-electron chi connectivity index (χ3n) is 2.12. The Morgan fingerprint density at radius 3 is 2.24 bits per heavy atom. The Kier molecular flexibility index (Phi) is 3.20. The Labute approximate surface area is 107 Å². The van der Waals surface area contributed by atoms with Crippen LogP contribution in [0.2, 0.25) is 0 Å². The molecule has 86 valence electrons. The van der Waals surface area contributed by atoms with Gasteiger partial charge in [0.1, 0.15) is 4.21 Å². The molecule has 3 nitrogen and oxygen atoms in total. The van der Waals surface area contributed by atoms with Crippen molar-refractivity contribution >= 4 is 31.1 Å². The number of thiophene rings is 1. The molecular formula is C11H6ClNO2S2. The van der Waals surface area contributed by atoms with Crippen molar-refractivity contribution in [1.29, 1.82) is 5.26 Å².